The summed E-state index contributed by atoms with van der Waals surface area (Å²) in [6.45, 7) is 4.21. The monoisotopic (exact) mass is 451 g/mol. The Balaban J connectivity index is 0.000000461. The summed E-state index contributed by atoms with van der Waals surface area (Å²) >= 11 is 7.46. The largest absolute Gasteiger partial charge is 0.354 e. The molecule has 3 aromatic heterocycles. The Bertz CT molecular complexity index is 1010. The molecule has 0 spiro atoms. The number of anilines is 2. The third-order valence-electron chi connectivity index (χ3n) is 4.44. The highest BCUT2D eigenvalue weighted by Crippen LogP contribution is 2.28. The lowest BCUT2D eigenvalue weighted by atomic mass is 10.3. The van der Waals surface area contributed by atoms with Gasteiger partial charge in [0.25, 0.3) is 5.91 Å². The molecule has 0 aromatic carbocycles. The fourth-order valence-electron chi connectivity index (χ4n) is 2.96. The molecule has 0 bridgehead atoms. The minimum Gasteiger partial charge on any atom is -0.354 e. The smallest absolute Gasteiger partial charge is 0.274 e. The summed E-state index contributed by atoms with van der Waals surface area (Å²) in [7, 11) is 0. The lowest BCUT2D eigenvalue weighted by molar-refractivity contribution is -0.117. The van der Waals surface area contributed by atoms with Crippen LogP contribution in [-0.4, -0.2) is 54.2 Å². The van der Waals surface area contributed by atoms with Gasteiger partial charge in [0.1, 0.15) is 22.5 Å². The predicted molar refractivity (Wildman–Crippen MR) is 119 cm³/mol. The molecule has 4 rings (SSSR count). The van der Waals surface area contributed by atoms with Crippen LogP contribution in [0.15, 0.2) is 35.7 Å². The first kappa shape index (κ1) is 22.2. The standard InChI is InChI=1S/C17H18ClN5OS.C3H5FO/c18-16-13(6-11-25-16)20-17(24)14-4-2-12-3-5-15(21-23(12)14)22-9-1-7-19-8-10-22;1-3(5)2-4/h2-6,11,19H,1,7-10H2,(H,20,24);2H2,1H3. The van der Waals surface area contributed by atoms with Crippen LogP contribution in [0.3, 0.4) is 0 Å². The maximum atomic E-state index is 12.6. The minimum atomic E-state index is -0.833. The summed E-state index contributed by atoms with van der Waals surface area (Å²) in [5, 5.41) is 12.8. The van der Waals surface area contributed by atoms with Crippen LogP contribution in [0.25, 0.3) is 5.52 Å². The van der Waals surface area contributed by atoms with Gasteiger partial charge in [0, 0.05) is 19.6 Å². The fraction of sp³-hybridized carbons (Fsp3) is 0.350. The lowest BCUT2D eigenvalue weighted by Crippen LogP contribution is -2.29. The number of rotatable bonds is 4. The van der Waals surface area contributed by atoms with E-state index in [0.29, 0.717) is 15.7 Å². The van der Waals surface area contributed by atoms with Gasteiger partial charge in [-0.1, -0.05) is 11.6 Å². The average Bonchev–Trinajstić information content (AvgIpc) is 3.24. The average molecular weight is 452 g/mol. The number of Topliss-reactive ketones (excluding diaryl/α,β-unsaturated/α-hetero) is 1. The van der Waals surface area contributed by atoms with Crippen LogP contribution in [0.1, 0.15) is 23.8 Å². The Kier molecular flexibility index (Phi) is 7.78. The van der Waals surface area contributed by atoms with E-state index in [1.165, 1.54) is 18.3 Å². The summed E-state index contributed by atoms with van der Waals surface area (Å²) in [4.78, 5) is 24.3. The maximum Gasteiger partial charge on any atom is 0.274 e. The number of ketones is 1. The van der Waals surface area contributed by atoms with Crippen LogP contribution >= 0.6 is 22.9 Å². The number of aromatic nitrogens is 2. The molecule has 1 saturated heterocycles. The van der Waals surface area contributed by atoms with Crippen molar-refractivity contribution in [3.63, 3.8) is 0 Å². The van der Waals surface area contributed by atoms with Crippen molar-refractivity contribution >= 4 is 51.7 Å². The maximum absolute atomic E-state index is 12.6. The molecular weight excluding hydrogens is 429 g/mol. The Labute approximate surface area is 182 Å². The van der Waals surface area contributed by atoms with E-state index in [9.17, 15) is 14.0 Å². The molecule has 1 fully saturated rings. The van der Waals surface area contributed by atoms with Gasteiger partial charge in [-0.05, 0) is 55.6 Å². The molecule has 10 heteroatoms. The van der Waals surface area contributed by atoms with Gasteiger partial charge in [0.05, 0.1) is 11.2 Å². The third-order valence-corrected chi connectivity index (χ3v) is 5.61. The molecule has 0 aliphatic carbocycles. The van der Waals surface area contributed by atoms with Gasteiger partial charge in [0.15, 0.2) is 5.78 Å². The Morgan fingerprint density at radius 1 is 1.23 bits per heavy atom. The summed E-state index contributed by atoms with van der Waals surface area (Å²) < 4.78 is 13.0. The normalized spacial score (nSPS) is 14.0. The second-order valence-electron chi connectivity index (χ2n) is 6.74. The Morgan fingerprint density at radius 2 is 2.00 bits per heavy atom. The van der Waals surface area contributed by atoms with E-state index >= 15 is 0 Å². The highest BCUT2D eigenvalue weighted by Gasteiger charge is 2.16. The van der Waals surface area contributed by atoms with E-state index in [0.717, 1.165) is 43.9 Å². The van der Waals surface area contributed by atoms with Gasteiger partial charge in [-0.3, -0.25) is 9.59 Å². The molecule has 0 unspecified atom stereocenters. The summed E-state index contributed by atoms with van der Waals surface area (Å²) in [6.07, 6.45) is 1.08. The number of nitrogens with one attached hydrogen (secondary N) is 2. The number of halogens is 2. The van der Waals surface area contributed by atoms with Crippen molar-refractivity contribution in [2.75, 3.05) is 43.1 Å². The molecule has 0 saturated carbocycles. The van der Waals surface area contributed by atoms with Crippen molar-refractivity contribution in [3.05, 3.63) is 45.7 Å². The van der Waals surface area contributed by atoms with Crippen LogP contribution < -0.4 is 15.5 Å². The molecule has 0 radical (unpaired) electrons. The number of hydrogen-bond donors (Lipinski definition) is 2. The topological polar surface area (TPSA) is 78.7 Å². The van der Waals surface area contributed by atoms with Gasteiger partial charge in [-0.2, -0.15) is 0 Å². The zero-order valence-electron chi connectivity index (χ0n) is 16.5. The van der Waals surface area contributed by atoms with Crippen LogP contribution in [0.4, 0.5) is 15.9 Å². The van der Waals surface area contributed by atoms with E-state index in [4.69, 9.17) is 16.7 Å². The molecule has 0 atom stereocenters. The number of nitrogens with zero attached hydrogens (tertiary/aromatic N) is 3. The third kappa shape index (κ3) is 5.56. The lowest BCUT2D eigenvalue weighted by Gasteiger charge is -2.21. The van der Waals surface area contributed by atoms with Gasteiger partial charge in [-0.15, -0.1) is 16.4 Å². The first-order valence-corrected chi connectivity index (χ1v) is 10.8. The van der Waals surface area contributed by atoms with E-state index in [1.807, 2.05) is 23.6 Å². The van der Waals surface area contributed by atoms with Crippen molar-refractivity contribution in [2.24, 2.45) is 0 Å². The summed E-state index contributed by atoms with van der Waals surface area (Å²) in [5.41, 5.74) is 2.01. The second-order valence-corrected chi connectivity index (χ2v) is 8.25. The van der Waals surface area contributed by atoms with E-state index in [-0.39, 0.29) is 5.91 Å². The van der Waals surface area contributed by atoms with Crippen molar-refractivity contribution in [1.82, 2.24) is 14.9 Å². The van der Waals surface area contributed by atoms with Gasteiger partial charge in [0.2, 0.25) is 0 Å². The first-order valence-electron chi connectivity index (χ1n) is 9.54. The molecule has 30 heavy (non-hydrogen) atoms. The number of thiophene rings is 1. The fourth-order valence-corrected chi connectivity index (χ4v) is 3.80. The zero-order chi connectivity index (χ0) is 21.5. The summed E-state index contributed by atoms with van der Waals surface area (Å²) in [5.74, 6) is 0.252. The minimum absolute atomic E-state index is 0.220. The van der Waals surface area contributed by atoms with E-state index in [2.05, 4.69) is 15.5 Å². The Morgan fingerprint density at radius 3 is 2.70 bits per heavy atom. The SMILES string of the molecule is CC(=O)CF.O=C(Nc1ccsc1Cl)c1ccc2ccc(N3CCCNCC3)nn12. The highest BCUT2D eigenvalue weighted by atomic mass is 35.5. The van der Waals surface area contributed by atoms with Gasteiger partial charge in [-0.25, -0.2) is 8.91 Å². The quantitative estimate of drug-likeness (QED) is 0.633. The number of carbonyl (C=O) groups is 2. The number of carbonyl (C=O) groups excluding carboxylic acids is 2. The van der Waals surface area contributed by atoms with Crippen LogP contribution in [0.5, 0.6) is 0 Å². The van der Waals surface area contributed by atoms with E-state index < -0.39 is 12.5 Å². The first-order chi connectivity index (χ1) is 14.5. The molecule has 1 aliphatic heterocycles. The molecule has 3 aromatic rings. The number of amides is 1. The molecule has 1 amide bonds. The zero-order valence-corrected chi connectivity index (χ0v) is 18.1. The van der Waals surface area contributed by atoms with Crippen molar-refractivity contribution < 1.29 is 14.0 Å². The molecule has 2 N–H and O–H groups in total. The van der Waals surface area contributed by atoms with Crippen molar-refractivity contribution in [2.45, 2.75) is 13.3 Å². The summed E-state index contributed by atoms with van der Waals surface area (Å²) in [6, 6.07) is 9.48. The number of alkyl halides is 1. The predicted octanol–water partition coefficient (Wildman–Crippen LogP) is 3.65. The second kappa shape index (κ2) is 10.5. The molecule has 160 valence electrons. The number of fused-ring (bicyclic) bond motifs is 1. The Hall–Kier alpha value is -2.49. The molecule has 7 nitrogen and oxygen atoms in total. The molecular formula is C20H23ClFN5O2S. The van der Waals surface area contributed by atoms with Crippen LogP contribution in [0, 0.1) is 0 Å². The van der Waals surface area contributed by atoms with Gasteiger partial charge < -0.3 is 15.5 Å². The van der Waals surface area contributed by atoms with Crippen LogP contribution in [0.2, 0.25) is 4.34 Å². The van der Waals surface area contributed by atoms with Crippen LogP contribution in [-0.2, 0) is 4.79 Å². The number of hydrogen-bond acceptors (Lipinski definition) is 6. The van der Waals surface area contributed by atoms with Gasteiger partial charge >= 0.3 is 0 Å². The van der Waals surface area contributed by atoms with Crippen molar-refractivity contribution in [1.29, 1.82) is 0 Å². The molecule has 1 aliphatic rings. The highest BCUT2D eigenvalue weighted by molar-refractivity contribution is 7.15. The molecule has 4 heterocycles. The van der Waals surface area contributed by atoms with E-state index in [1.54, 1.807) is 16.6 Å². The van der Waals surface area contributed by atoms with Crippen molar-refractivity contribution in [3.8, 4) is 0 Å².